The van der Waals surface area contributed by atoms with Crippen LogP contribution in [0.3, 0.4) is 0 Å². The Morgan fingerprint density at radius 3 is 2.36 bits per heavy atom. The minimum Gasteiger partial charge on any atom is -0.481 e. The number of anilines is 1. The highest BCUT2D eigenvalue weighted by molar-refractivity contribution is 5.99. The van der Waals surface area contributed by atoms with Crippen LogP contribution in [0.5, 0.6) is 0 Å². The van der Waals surface area contributed by atoms with Crippen molar-refractivity contribution in [3.63, 3.8) is 0 Å². The summed E-state index contributed by atoms with van der Waals surface area (Å²) >= 11 is 0. The van der Waals surface area contributed by atoms with Crippen molar-refractivity contribution in [1.82, 2.24) is 4.90 Å². The Labute approximate surface area is 143 Å². The maximum absolute atomic E-state index is 12.7. The molecule has 3 rings (SSSR count). The summed E-state index contributed by atoms with van der Waals surface area (Å²) in [6.45, 7) is 3.13. The van der Waals surface area contributed by atoms with E-state index in [0.717, 1.165) is 12.1 Å². The highest BCUT2D eigenvalue weighted by atomic mass is 19.4. The first-order valence-electron chi connectivity index (χ1n) is 8.14. The van der Waals surface area contributed by atoms with Crippen molar-refractivity contribution < 1.29 is 27.9 Å². The van der Waals surface area contributed by atoms with E-state index in [1.54, 1.807) is 0 Å². The van der Waals surface area contributed by atoms with Crippen molar-refractivity contribution in [2.75, 3.05) is 24.5 Å². The van der Waals surface area contributed by atoms with Gasteiger partial charge in [0.15, 0.2) is 0 Å². The predicted octanol–water partition coefficient (Wildman–Crippen LogP) is 2.46. The molecule has 0 radical (unpaired) electrons. The highest BCUT2D eigenvalue weighted by Crippen LogP contribution is 2.33. The first-order chi connectivity index (χ1) is 11.7. The van der Waals surface area contributed by atoms with E-state index in [-0.39, 0.29) is 11.8 Å². The fourth-order valence-corrected chi connectivity index (χ4v) is 3.67. The Hall–Kier alpha value is -2.09. The maximum atomic E-state index is 12.7. The molecule has 1 aromatic rings. The highest BCUT2D eigenvalue weighted by Gasteiger charge is 2.43. The number of rotatable bonds is 3. The largest absolute Gasteiger partial charge is 0.481 e. The van der Waals surface area contributed by atoms with Gasteiger partial charge in [-0.3, -0.25) is 14.5 Å². The van der Waals surface area contributed by atoms with Gasteiger partial charge in [0, 0.05) is 25.3 Å². The van der Waals surface area contributed by atoms with Gasteiger partial charge in [0.2, 0.25) is 5.91 Å². The standard InChI is InChI=1S/C17H19F3N2O3/c1-10-8-21(9-13(10)16(24)25)14-6-7-22(15(14)23)12-4-2-11(3-5-12)17(18,19)20/h2-5,10,13-14H,6-9H2,1H3,(H,24,25)/t10-,13-,14?/m1/s1. The number of carboxylic acids is 1. The third-order valence-electron chi connectivity index (χ3n) is 5.08. The summed E-state index contributed by atoms with van der Waals surface area (Å²) in [5.41, 5.74) is -0.320. The quantitative estimate of drug-likeness (QED) is 0.904. The fraction of sp³-hybridized carbons (Fsp3) is 0.529. The summed E-state index contributed by atoms with van der Waals surface area (Å²) in [7, 11) is 0. The molecule has 2 heterocycles. The van der Waals surface area contributed by atoms with Gasteiger partial charge in [-0.2, -0.15) is 13.2 Å². The summed E-state index contributed by atoms with van der Waals surface area (Å²) in [6, 6.07) is 4.13. The van der Waals surface area contributed by atoms with Crippen LogP contribution in [-0.2, 0) is 15.8 Å². The smallest absolute Gasteiger partial charge is 0.416 e. The Morgan fingerprint density at radius 2 is 1.84 bits per heavy atom. The van der Waals surface area contributed by atoms with Crippen molar-refractivity contribution in [1.29, 1.82) is 0 Å². The molecule has 0 aliphatic carbocycles. The molecule has 3 atom stereocenters. The number of likely N-dealkylation sites (tertiary alicyclic amines) is 1. The normalized spacial score (nSPS) is 27.9. The minimum absolute atomic E-state index is 0.0366. The molecule has 2 aliphatic heterocycles. The van der Waals surface area contributed by atoms with Gasteiger partial charge in [-0.15, -0.1) is 0 Å². The summed E-state index contributed by atoms with van der Waals surface area (Å²) in [4.78, 5) is 27.3. The number of carboxylic acid groups (broad SMARTS) is 1. The molecule has 0 spiro atoms. The number of aliphatic carboxylic acids is 1. The van der Waals surface area contributed by atoms with E-state index in [0.29, 0.717) is 31.7 Å². The van der Waals surface area contributed by atoms with E-state index in [4.69, 9.17) is 0 Å². The van der Waals surface area contributed by atoms with Crippen LogP contribution in [0.1, 0.15) is 18.9 Å². The second-order valence-electron chi connectivity index (χ2n) is 6.71. The Kier molecular flexibility index (Phi) is 4.49. The van der Waals surface area contributed by atoms with Gasteiger partial charge < -0.3 is 10.0 Å². The van der Waals surface area contributed by atoms with Gasteiger partial charge in [-0.1, -0.05) is 6.92 Å². The second kappa shape index (κ2) is 6.33. The third-order valence-corrected chi connectivity index (χ3v) is 5.08. The van der Waals surface area contributed by atoms with Gasteiger partial charge in [0.25, 0.3) is 0 Å². The van der Waals surface area contributed by atoms with Crippen molar-refractivity contribution in [2.24, 2.45) is 11.8 Å². The van der Waals surface area contributed by atoms with Crippen LogP contribution >= 0.6 is 0 Å². The number of halogens is 3. The number of hydrogen-bond donors (Lipinski definition) is 1. The number of carbonyl (C=O) groups excluding carboxylic acids is 1. The molecule has 5 nitrogen and oxygen atoms in total. The molecule has 2 fully saturated rings. The number of alkyl halides is 3. The SMILES string of the molecule is C[C@@H]1CN(C2CCN(c3ccc(C(F)(F)F)cc3)C2=O)C[C@H]1C(=O)O. The zero-order valence-corrected chi connectivity index (χ0v) is 13.7. The molecule has 8 heteroatoms. The Morgan fingerprint density at radius 1 is 1.20 bits per heavy atom. The molecule has 1 N–H and O–H groups in total. The van der Waals surface area contributed by atoms with Gasteiger partial charge in [-0.25, -0.2) is 0 Å². The van der Waals surface area contributed by atoms with E-state index in [2.05, 4.69) is 0 Å². The van der Waals surface area contributed by atoms with Crippen molar-refractivity contribution in [3.8, 4) is 0 Å². The number of nitrogens with zero attached hydrogens (tertiary/aromatic N) is 2. The zero-order valence-electron chi connectivity index (χ0n) is 13.7. The van der Waals surface area contributed by atoms with Gasteiger partial charge in [-0.05, 0) is 36.6 Å². The Bertz CT molecular complexity index is 675. The van der Waals surface area contributed by atoms with Crippen LogP contribution in [0.25, 0.3) is 0 Å². The van der Waals surface area contributed by atoms with Crippen molar-refractivity contribution in [2.45, 2.75) is 25.6 Å². The van der Waals surface area contributed by atoms with Crippen LogP contribution in [0.15, 0.2) is 24.3 Å². The summed E-state index contributed by atoms with van der Waals surface area (Å²) in [6.07, 6.45) is -3.87. The molecule has 0 aromatic heterocycles. The molecular weight excluding hydrogens is 337 g/mol. The van der Waals surface area contributed by atoms with Crippen molar-refractivity contribution >= 4 is 17.6 Å². The molecule has 1 aromatic carbocycles. The van der Waals surface area contributed by atoms with Crippen LogP contribution in [0, 0.1) is 11.8 Å². The second-order valence-corrected chi connectivity index (χ2v) is 6.71. The average Bonchev–Trinajstić information content (AvgIpc) is 3.09. The molecular formula is C17H19F3N2O3. The van der Waals surface area contributed by atoms with E-state index >= 15 is 0 Å². The first-order valence-corrected chi connectivity index (χ1v) is 8.14. The van der Waals surface area contributed by atoms with Crippen molar-refractivity contribution in [3.05, 3.63) is 29.8 Å². The van der Waals surface area contributed by atoms with Gasteiger partial charge in [0.1, 0.15) is 0 Å². The predicted molar refractivity (Wildman–Crippen MR) is 84.1 cm³/mol. The van der Waals surface area contributed by atoms with Gasteiger partial charge >= 0.3 is 12.1 Å². The molecule has 0 saturated carbocycles. The number of amides is 1. The fourth-order valence-electron chi connectivity index (χ4n) is 3.67. The molecule has 1 amide bonds. The lowest BCUT2D eigenvalue weighted by Gasteiger charge is -2.23. The monoisotopic (exact) mass is 356 g/mol. The molecule has 2 saturated heterocycles. The lowest BCUT2D eigenvalue weighted by Crippen LogP contribution is -2.41. The maximum Gasteiger partial charge on any atom is 0.416 e. The lowest BCUT2D eigenvalue weighted by atomic mass is 9.99. The summed E-state index contributed by atoms with van der Waals surface area (Å²) < 4.78 is 37.9. The zero-order chi connectivity index (χ0) is 18.4. The molecule has 25 heavy (non-hydrogen) atoms. The van der Waals surface area contributed by atoms with E-state index in [1.807, 2.05) is 11.8 Å². The minimum atomic E-state index is -4.41. The molecule has 136 valence electrons. The van der Waals surface area contributed by atoms with Crippen LogP contribution < -0.4 is 4.90 Å². The van der Waals surface area contributed by atoms with Crippen LogP contribution in [0.2, 0.25) is 0 Å². The van der Waals surface area contributed by atoms with Crippen LogP contribution in [0.4, 0.5) is 18.9 Å². The van der Waals surface area contributed by atoms with E-state index < -0.39 is 29.7 Å². The summed E-state index contributed by atoms with van der Waals surface area (Å²) in [5, 5.41) is 9.22. The molecule has 0 bridgehead atoms. The lowest BCUT2D eigenvalue weighted by molar-refractivity contribution is -0.142. The first kappa shape index (κ1) is 17.7. The Balaban J connectivity index is 1.71. The van der Waals surface area contributed by atoms with E-state index in [9.17, 15) is 27.9 Å². The molecule has 2 aliphatic rings. The average molecular weight is 356 g/mol. The summed E-state index contributed by atoms with van der Waals surface area (Å²) in [5.74, 6) is -1.57. The number of hydrogen-bond acceptors (Lipinski definition) is 3. The van der Waals surface area contributed by atoms with Crippen LogP contribution in [-0.4, -0.2) is 47.6 Å². The topological polar surface area (TPSA) is 60.9 Å². The van der Waals surface area contributed by atoms with Gasteiger partial charge in [0.05, 0.1) is 17.5 Å². The third kappa shape index (κ3) is 3.35. The van der Waals surface area contributed by atoms with E-state index in [1.165, 1.54) is 17.0 Å². The number of benzene rings is 1. The number of carbonyl (C=O) groups is 2. The molecule has 1 unspecified atom stereocenters.